The molecule has 1 aromatic rings. The molecule has 0 bridgehead atoms. The Balaban J connectivity index is 2.87. The van der Waals surface area contributed by atoms with Gasteiger partial charge in [-0.2, -0.15) is 0 Å². The normalized spacial score (nSPS) is 10.9. The van der Waals surface area contributed by atoms with Gasteiger partial charge < -0.3 is 0 Å². The van der Waals surface area contributed by atoms with Crippen molar-refractivity contribution < 1.29 is 0 Å². The second-order valence-corrected chi connectivity index (χ2v) is 6.00. The Morgan fingerprint density at radius 3 is 2.36 bits per heavy atom. The summed E-state index contributed by atoms with van der Waals surface area (Å²) in [5.74, 6) is 0.744. The molecule has 0 radical (unpaired) electrons. The van der Waals surface area contributed by atoms with Gasteiger partial charge in [-0.15, -0.1) is 0 Å². The van der Waals surface area contributed by atoms with E-state index in [1.165, 1.54) is 16.9 Å². The van der Waals surface area contributed by atoms with E-state index in [0.717, 1.165) is 9.74 Å². The molecule has 0 N–H and O–H groups in total. The standard InChI is InChI=1S/C8H12S3/c1-5(2)4-7-6(3)8(9)11-10-7/h5H,4H2,1-3H3. The Labute approximate surface area is 80.3 Å². The molecule has 0 fully saturated rings. The maximum absolute atomic E-state index is 5.16. The van der Waals surface area contributed by atoms with Crippen molar-refractivity contribution >= 4 is 32.9 Å². The minimum absolute atomic E-state index is 0.744. The average molecular weight is 204 g/mol. The Morgan fingerprint density at radius 2 is 2.00 bits per heavy atom. The number of hydrogen-bond donors (Lipinski definition) is 0. The summed E-state index contributed by atoms with van der Waals surface area (Å²) < 4.78 is 1.07. The highest BCUT2D eigenvalue weighted by Gasteiger charge is 2.04. The van der Waals surface area contributed by atoms with Crippen molar-refractivity contribution in [3.05, 3.63) is 14.3 Å². The van der Waals surface area contributed by atoms with Crippen LogP contribution in [-0.4, -0.2) is 0 Å². The van der Waals surface area contributed by atoms with E-state index < -0.39 is 0 Å². The van der Waals surface area contributed by atoms with E-state index in [1.807, 2.05) is 10.3 Å². The van der Waals surface area contributed by atoms with Gasteiger partial charge in [-0.1, -0.05) is 46.7 Å². The van der Waals surface area contributed by atoms with Crippen molar-refractivity contribution in [2.45, 2.75) is 27.2 Å². The molecule has 0 saturated heterocycles. The minimum atomic E-state index is 0.744. The zero-order valence-corrected chi connectivity index (χ0v) is 9.46. The van der Waals surface area contributed by atoms with E-state index in [4.69, 9.17) is 12.2 Å². The summed E-state index contributed by atoms with van der Waals surface area (Å²) in [6.45, 7) is 6.62. The van der Waals surface area contributed by atoms with E-state index >= 15 is 0 Å². The highest BCUT2D eigenvalue weighted by Crippen LogP contribution is 2.26. The zero-order valence-electron chi connectivity index (χ0n) is 7.01. The lowest BCUT2D eigenvalue weighted by Crippen LogP contribution is -1.92. The third-order valence-electron chi connectivity index (χ3n) is 1.54. The Morgan fingerprint density at radius 1 is 1.36 bits per heavy atom. The molecule has 1 aromatic heterocycles. The summed E-state index contributed by atoms with van der Waals surface area (Å²) in [6, 6.07) is 0. The van der Waals surface area contributed by atoms with Crippen LogP contribution in [0.25, 0.3) is 0 Å². The zero-order chi connectivity index (χ0) is 8.43. The maximum Gasteiger partial charge on any atom is 0.105 e. The van der Waals surface area contributed by atoms with Crippen LogP contribution in [0.2, 0.25) is 0 Å². The quantitative estimate of drug-likeness (QED) is 0.517. The van der Waals surface area contributed by atoms with Crippen LogP contribution in [0.3, 0.4) is 0 Å². The Bertz CT molecular complexity index is 280. The van der Waals surface area contributed by atoms with Gasteiger partial charge in [0.2, 0.25) is 0 Å². The summed E-state index contributed by atoms with van der Waals surface area (Å²) in [6.07, 6.45) is 1.18. The molecule has 0 aliphatic carbocycles. The molecular weight excluding hydrogens is 192 g/mol. The van der Waals surface area contributed by atoms with Gasteiger partial charge in [-0.25, -0.2) is 0 Å². The number of rotatable bonds is 2. The molecule has 1 heterocycles. The van der Waals surface area contributed by atoms with E-state index in [1.54, 1.807) is 10.3 Å². The van der Waals surface area contributed by atoms with Gasteiger partial charge in [0.05, 0.1) is 0 Å². The van der Waals surface area contributed by atoms with Crippen LogP contribution >= 0.6 is 32.9 Å². The van der Waals surface area contributed by atoms with Crippen LogP contribution in [0.4, 0.5) is 0 Å². The summed E-state index contributed by atoms with van der Waals surface area (Å²) in [5, 5.41) is 0. The Hall–Kier alpha value is 0.270. The fourth-order valence-corrected chi connectivity index (χ4v) is 3.98. The number of hydrogen-bond acceptors (Lipinski definition) is 3. The van der Waals surface area contributed by atoms with Gasteiger partial charge in [0.1, 0.15) is 3.82 Å². The summed E-state index contributed by atoms with van der Waals surface area (Å²) in [5.41, 5.74) is 1.34. The second-order valence-electron chi connectivity index (χ2n) is 3.10. The van der Waals surface area contributed by atoms with Crippen LogP contribution in [0, 0.1) is 16.7 Å². The molecule has 0 unspecified atom stereocenters. The summed E-state index contributed by atoms with van der Waals surface area (Å²) in [4.78, 5) is 1.48. The van der Waals surface area contributed by atoms with Crippen molar-refractivity contribution in [3.63, 3.8) is 0 Å². The van der Waals surface area contributed by atoms with Gasteiger partial charge in [-0.3, -0.25) is 0 Å². The molecule has 0 aliphatic rings. The molecule has 11 heavy (non-hydrogen) atoms. The Kier molecular flexibility index (Phi) is 3.22. The van der Waals surface area contributed by atoms with Gasteiger partial charge in [-0.05, 0) is 24.8 Å². The summed E-state index contributed by atoms with van der Waals surface area (Å²) in [7, 11) is 3.57. The summed E-state index contributed by atoms with van der Waals surface area (Å²) >= 11 is 5.16. The highest BCUT2D eigenvalue weighted by molar-refractivity contribution is 7.79. The van der Waals surface area contributed by atoms with E-state index in [9.17, 15) is 0 Å². The first-order chi connectivity index (χ1) is 5.11. The highest BCUT2D eigenvalue weighted by atomic mass is 32.9. The first-order valence-electron chi connectivity index (χ1n) is 3.70. The van der Waals surface area contributed by atoms with Crippen molar-refractivity contribution in [2.75, 3.05) is 0 Å². The lowest BCUT2D eigenvalue weighted by Gasteiger charge is -2.01. The molecule has 0 saturated carbocycles. The van der Waals surface area contributed by atoms with E-state index in [0.29, 0.717) is 0 Å². The lowest BCUT2D eigenvalue weighted by atomic mass is 10.1. The van der Waals surface area contributed by atoms with E-state index in [2.05, 4.69) is 20.8 Å². The molecule has 0 atom stereocenters. The lowest BCUT2D eigenvalue weighted by molar-refractivity contribution is 0.652. The monoisotopic (exact) mass is 204 g/mol. The fraction of sp³-hybridized carbons (Fsp3) is 0.625. The van der Waals surface area contributed by atoms with Gasteiger partial charge in [0.25, 0.3) is 0 Å². The predicted molar refractivity (Wildman–Crippen MR) is 56.3 cm³/mol. The van der Waals surface area contributed by atoms with Crippen LogP contribution in [0.1, 0.15) is 24.3 Å². The fourth-order valence-electron chi connectivity index (χ4n) is 0.885. The van der Waals surface area contributed by atoms with Crippen LogP contribution in [0.15, 0.2) is 0 Å². The SMILES string of the molecule is Cc1c(CC(C)C)ssc1=S. The molecule has 1 rings (SSSR count). The van der Waals surface area contributed by atoms with Crippen LogP contribution < -0.4 is 0 Å². The average Bonchev–Trinajstić information content (AvgIpc) is 2.18. The molecule has 3 heteroatoms. The van der Waals surface area contributed by atoms with Crippen LogP contribution in [0.5, 0.6) is 0 Å². The van der Waals surface area contributed by atoms with Gasteiger partial charge in [0.15, 0.2) is 0 Å². The smallest absolute Gasteiger partial charge is 0.0834 e. The molecule has 0 nitrogen and oxygen atoms in total. The van der Waals surface area contributed by atoms with Crippen molar-refractivity contribution in [1.29, 1.82) is 0 Å². The van der Waals surface area contributed by atoms with Crippen molar-refractivity contribution in [3.8, 4) is 0 Å². The molecule has 0 spiro atoms. The molecule has 0 aliphatic heterocycles. The minimum Gasteiger partial charge on any atom is -0.0834 e. The molecule has 62 valence electrons. The largest absolute Gasteiger partial charge is 0.105 e. The first-order valence-corrected chi connectivity index (χ1v) is 6.25. The molecule has 0 aromatic carbocycles. The third kappa shape index (κ3) is 2.36. The van der Waals surface area contributed by atoms with Gasteiger partial charge in [0, 0.05) is 4.88 Å². The maximum atomic E-state index is 5.16. The second kappa shape index (κ2) is 3.78. The molecule has 0 amide bonds. The van der Waals surface area contributed by atoms with Gasteiger partial charge >= 0.3 is 0 Å². The van der Waals surface area contributed by atoms with Crippen molar-refractivity contribution in [2.24, 2.45) is 5.92 Å². The molecular formula is C8H12S3. The van der Waals surface area contributed by atoms with Crippen LogP contribution in [-0.2, 0) is 6.42 Å². The third-order valence-corrected chi connectivity index (χ3v) is 4.98. The van der Waals surface area contributed by atoms with E-state index in [-0.39, 0.29) is 0 Å². The first kappa shape index (κ1) is 9.36. The topological polar surface area (TPSA) is 0 Å². The van der Waals surface area contributed by atoms with Crippen molar-refractivity contribution in [1.82, 2.24) is 0 Å². The predicted octanol–water partition coefficient (Wildman–Crippen LogP) is 4.05.